The van der Waals surface area contributed by atoms with Crippen LogP contribution < -0.4 is 0 Å². The van der Waals surface area contributed by atoms with E-state index in [9.17, 15) is 0 Å². The van der Waals surface area contributed by atoms with Gasteiger partial charge >= 0.3 is 0 Å². The lowest BCUT2D eigenvalue weighted by atomic mass is 9.90. The Morgan fingerprint density at radius 3 is 3.08 bits per heavy atom. The molecule has 1 heterocycles. The first kappa shape index (κ1) is 9.79. The molecule has 1 heteroatoms. The van der Waals surface area contributed by atoms with Crippen LogP contribution in [0.25, 0.3) is 0 Å². The second-order valence-electron chi connectivity index (χ2n) is 3.70. The van der Waals surface area contributed by atoms with E-state index in [1.165, 1.54) is 25.7 Å². The summed E-state index contributed by atoms with van der Waals surface area (Å²) in [6.07, 6.45) is 8.66. The van der Waals surface area contributed by atoms with E-state index in [4.69, 9.17) is 4.74 Å². The number of hydrogen-bond acceptors (Lipinski definition) is 1. The molecule has 0 N–H and O–H groups in total. The van der Waals surface area contributed by atoms with Crippen molar-refractivity contribution < 1.29 is 4.74 Å². The Hall–Kier alpha value is -0.300. The Kier molecular flexibility index (Phi) is 4.37. The van der Waals surface area contributed by atoms with E-state index < -0.39 is 0 Å². The van der Waals surface area contributed by atoms with Crippen LogP contribution in [0.1, 0.15) is 39.0 Å². The highest BCUT2D eigenvalue weighted by molar-refractivity contribution is 4.78. The van der Waals surface area contributed by atoms with Gasteiger partial charge in [0.25, 0.3) is 0 Å². The number of rotatable bonds is 4. The molecule has 12 heavy (non-hydrogen) atoms. The summed E-state index contributed by atoms with van der Waals surface area (Å²) in [5.41, 5.74) is 0. The molecule has 0 aromatic rings. The average Bonchev–Trinajstić information content (AvgIpc) is 2.06. The molecule has 0 aliphatic carbocycles. The van der Waals surface area contributed by atoms with Gasteiger partial charge < -0.3 is 4.74 Å². The van der Waals surface area contributed by atoms with Crippen molar-refractivity contribution in [1.82, 2.24) is 0 Å². The van der Waals surface area contributed by atoms with Crippen molar-refractivity contribution in [3.8, 4) is 0 Å². The second-order valence-corrected chi connectivity index (χ2v) is 3.70. The Morgan fingerprint density at radius 1 is 1.58 bits per heavy atom. The number of hydrogen-bond donors (Lipinski definition) is 0. The Bertz CT molecular complexity index is 129. The third kappa shape index (κ3) is 2.98. The van der Waals surface area contributed by atoms with Crippen LogP contribution in [0.3, 0.4) is 0 Å². The molecule has 1 aliphatic heterocycles. The Morgan fingerprint density at radius 2 is 2.42 bits per heavy atom. The molecular weight excluding hydrogens is 148 g/mol. The lowest BCUT2D eigenvalue weighted by Crippen LogP contribution is -2.25. The van der Waals surface area contributed by atoms with Crippen LogP contribution in [0.4, 0.5) is 0 Å². The fraction of sp³-hybridized carbons (Fsp3) is 0.818. The van der Waals surface area contributed by atoms with Crippen molar-refractivity contribution in [2.24, 2.45) is 5.92 Å². The van der Waals surface area contributed by atoms with Crippen LogP contribution >= 0.6 is 0 Å². The first-order valence-corrected chi connectivity index (χ1v) is 5.09. The zero-order chi connectivity index (χ0) is 8.81. The normalized spacial score (nSPS) is 30.1. The smallest absolute Gasteiger partial charge is 0.0612 e. The van der Waals surface area contributed by atoms with E-state index in [0.29, 0.717) is 6.10 Å². The minimum absolute atomic E-state index is 0.466. The molecule has 0 radical (unpaired) electrons. The van der Waals surface area contributed by atoms with Crippen LogP contribution in [-0.2, 0) is 4.74 Å². The predicted molar refractivity (Wildman–Crippen MR) is 52.2 cm³/mol. The largest absolute Gasteiger partial charge is 0.378 e. The van der Waals surface area contributed by atoms with Crippen molar-refractivity contribution in [2.75, 3.05) is 6.61 Å². The first-order chi connectivity index (χ1) is 5.86. The molecule has 0 bridgehead atoms. The molecular formula is C11H20O. The van der Waals surface area contributed by atoms with E-state index in [1.807, 2.05) is 6.08 Å². The van der Waals surface area contributed by atoms with Gasteiger partial charge in [0.2, 0.25) is 0 Å². The standard InChI is InChI=1S/C11H20O/c1-3-5-10-7-8-12-11(9-10)6-4-2/h4,10-11H,2-3,5-9H2,1H3. The minimum atomic E-state index is 0.466. The summed E-state index contributed by atoms with van der Waals surface area (Å²) in [4.78, 5) is 0. The lowest BCUT2D eigenvalue weighted by molar-refractivity contribution is -0.00833. The van der Waals surface area contributed by atoms with Gasteiger partial charge in [-0.25, -0.2) is 0 Å². The summed E-state index contributed by atoms with van der Waals surface area (Å²) >= 11 is 0. The van der Waals surface area contributed by atoms with E-state index in [2.05, 4.69) is 13.5 Å². The maximum Gasteiger partial charge on any atom is 0.0612 e. The fourth-order valence-electron chi connectivity index (χ4n) is 1.98. The molecule has 70 valence electrons. The predicted octanol–water partition coefficient (Wildman–Crippen LogP) is 3.16. The zero-order valence-corrected chi connectivity index (χ0v) is 8.09. The highest BCUT2D eigenvalue weighted by Gasteiger charge is 2.20. The van der Waals surface area contributed by atoms with E-state index in [1.54, 1.807) is 0 Å². The molecule has 1 fully saturated rings. The van der Waals surface area contributed by atoms with Gasteiger partial charge in [-0.05, 0) is 25.2 Å². The van der Waals surface area contributed by atoms with Crippen molar-refractivity contribution >= 4 is 0 Å². The second kappa shape index (κ2) is 5.36. The summed E-state index contributed by atoms with van der Waals surface area (Å²) in [6, 6.07) is 0. The molecule has 0 aromatic heterocycles. The van der Waals surface area contributed by atoms with Gasteiger partial charge in [0.1, 0.15) is 0 Å². The van der Waals surface area contributed by atoms with Crippen molar-refractivity contribution in [2.45, 2.75) is 45.1 Å². The van der Waals surface area contributed by atoms with Gasteiger partial charge in [-0.15, -0.1) is 6.58 Å². The topological polar surface area (TPSA) is 9.23 Å². The van der Waals surface area contributed by atoms with Crippen LogP contribution in [0, 0.1) is 5.92 Å². The summed E-state index contributed by atoms with van der Waals surface area (Å²) in [5, 5.41) is 0. The molecule has 0 aromatic carbocycles. The van der Waals surface area contributed by atoms with Crippen LogP contribution in [-0.4, -0.2) is 12.7 Å². The van der Waals surface area contributed by atoms with Crippen LogP contribution in [0.2, 0.25) is 0 Å². The summed E-state index contributed by atoms with van der Waals surface area (Å²) in [6.45, 7) is 6.97. The van der Waals surface area contributed by atoms with Crippen molar-refractivity contribution in [3.63, 3.8) is 0 Å². The molecule has 0 amide bonds. The van der Waals surface area contributed by atoms with Gasteiger partial charge in [-0.1, -0.05) is 25.8 Å². The Balaban J connectivity index is 2.24. The first-order valence-electron chi connectivity index (χ1n) is 5.09. The molecule has 0 spiro atoms. The fourth-order valence-corrected chi connectivity index (χ4v) is 1.98. The summed E-state index contributed by atoms with van der Waals surface area (Å²) in [5.74, 6) is 0.911. The van der Waals surface area contributed by atoms with Gasteiger partial charge in [0.05, 0.1) is 6.10 Å². The molecule has 2 atom stereocenters. The third-order valence-electron chi connectivity index (χ3n) is 2.60. The Labute approximate surface area is 75.8 Å². The van der Waals surface area contributed by atoms with Gasteiger partial charge in [-0.2, -0.15) is 0 Å². The molecule has 2 unspecified atom stereocenters. The maximum atomic E-state index is 5.62. The van der Waals surface area contributed by atoms with E-state index in [-0.39, 0.29) is 0 Å². The third-order valence-corrected chi connectivity index (χ3v) is 2.60. The van der Waals surface area contributed by atoms with Gasteiger partial charge in [-0.3, -0.25) is 0 Å². The van der Waals surface area contributed by atoms with Crippen molar-refractivity contribution in [1.29, 1.82) is 0 Å². The van der Waals surface area contributed by atoms with Gasteiger partial charge in [0.15, 0.2) is 0 Å². The highest BCUT2D eigenvalue weighted by Crippen LogP contribution is 2.25. The highest BCUT2D eigenvalue weighted by atomic mass is 16.5. The molecule has 1 aliphatic rings. The van der Waals surface area contributed by atoms with E-state index >= 15 is 0 Å². The molecule has 1 saturated heterocycles. The molecule has 1 rings (SSSR count). The minimum Gasteiger partial charge on any atom is -0.378 e. The van der Waals surface area contributed by atoms with Crippen molar-refractivity contribution in [3.05, 3.63) is 12.7 Å². The number of ether oxygens (including phenoxy) is 1. The lowest BCUT2D eigenvalue weighted by Gasteiger charge is -2.28. The van der Waals surface area contributed by atoms with Gasteiger partial charge in [0, 0.05) is 6.61 Å². The van der Waals surface area contributed by atoms with E-state index in [0.717, 1.165) is 18.9 Å². The van der Waals surface area contributed by atoms with Crippen LogP contribution in [0.15, 0.2) is 12.7 Å². The zero-order valence-electron chi connectivity index (χ0n) is 8.09. The quantitative estimate of drug-likeness (QED) is 0.586. The van der Waals surface area contributed by atoms with Crippen LogP contribution in [0.5, 0.6) is 0 Å². The molecule has 0 saturated carbocycles. The average molecular weight is 168 g/mol. The molecule has 1 nitrogen and oxygen atoms in total. The SMILES string of the molecule is C=CCC1CC(CCC)CCO1. The monoisotopic (exact) mass is 168 g/mol. The summed E-state index contributed by atoms with van der Waals surface area (Å²) < 4.78 is 5.62. The summed E-state index contributed by atoms with van der Waals surface area (Å²) in [7, 11) is 0. The maximum absolute atomic E-state index is 5.62.